The maximum atomic E-state index is 12.9. The van der Waals surface area contributed by atoms with Crippen molar-refractivity contribution in [1.82, 2.24) is 9.21 Å². The van der Waals surface area contributed by atoms with E-state index in [9.17, 15) is 8.42 Å². The molecule has 0 amide bonds. The summed E-state index contributed by atoms with van der Waals surface area (Å²) in [5.74, 6) is 0.0811. The molecule has 9 heteroatoms. The van der Waals surface area contributed by atoms with Crippen LogP contribution < -0.4 is 5.73 Å². The Balaban J connectivity index is 0.00000169. The Bertz CT molecular complexity index is 738. The quantitative estimate of drug-likeness (QED) is 0.715. The molecule has 0 spiro atoms. The van der Waals surface area contributed by atoms with E-state index in [1.54, 1.807) is 24.3 Å². The van der Waals surface area contributed by atoms with E-state index in [1.165, 1.54) is 4.31 Å². The third kappa shape index (κ3) is 4.52. The SMILES string of the molecule is Cl.Cl.N=C1N(C2C=CCCC2)CCN1S(=O)(=O)c1ccc(CCN)cc1. The van der Waals surface area contributed by atoms with Crippen LogP contribution in [-0.4, -0.2) is 49.3 Å². The zero-order valence-corrected chi connectivity index (χ0v) is 17.0. The average Bonchev–Trinajstić information content (AvgIpc) is 2.99. The minimum Gasteiger partial charge on any atom is -0.334 e. The highest BCUT2D eigenvalue weighted by Gasteiger charge is 2.37. The van der Waals surface area contributed by atoms with Crippen LogP contribution in [0.4, 0.5) is 0 Å². The van der Waals surface area contributed by atoms with Crippen molar-refractivity contribution >= 4 is 40.8 Å². The summed E-state index contributed by atoms with van der Waals surface area (Å²) in [6.45, 7) is 1.43. The lowest BCUT2D eigenvalue weighted by atomic mass is 10.0. The first-order valence-corrected chi connectivity index (χ1v) is 9.81. The van der Waals surface area contributed by atoms with E-state index in [4.69, 9.17) is 11.1 Å². The van der Waals surface area contributed by atoms with Gasteiger partial charge >= 0.3 is 0 Å². The highest BCUT2D eigenvalue weighted by atomic mass is 35.5. The lowest BCUT2D eigenvalue weighted by molar-refractivity contribution is 0.357. The molecule has 1 aromatic carbocycles. The number of nitrogens with two attached hydrogens (primary N) is 1. The third-order valence-electron chi connectivity index (χ3n) is 4.63. The molecule has 1 fully saturated rings. The van der Waals surface area contributed by atoms with Gasteiger partial charge in [0.15, 0.2) is 0 Å². The van der Waals surface area contributed by atoms with Gasteiger partial charge in [-0.15, -0.1) is 24.8 Å². The molecule has 0 aromatic heterocycles. The van der Waals surface area contributed by atoms with Crippen molar-refractivity contribution in [2.45, 2.75) is 36.6 Å². The van der Waals surface area contributed by atoms with Crippen LogP contribution in [0.3, 0.4) is 0 Å². The second kappa shape index (κ2) is 9.60. The van der Waals surface area contributed by atoms with Crippen molar-refractivity contribution in [2.75, 3.05) is 19.6 Å². The molecular formula is C17H26Cl2N4O2S. The van der Waals surface area contributed by atoms with Gasteiger partial charge < -0.3 is 10.6 Å². The smallest absolute Gasteiger partial charge is 0.266 e. The summed E-state index contributed by atoms with van der Waals surface area (Å²) in [6.07, 6.45) is 8.06. The number of hydrogen-bond acceptors (Lipinski definition) is 4. The first-order chi connectivity index (χ1) is 11.5. The number of nitrogens with zero attached hydrogens (tertiary/aromatic N) is 2. The first-order valence-electron chi connectivity index (χ1n) is 8.37. The summed E-state index contributed by atoms with van der Waals surface area (Å²) in [6, 6.07) is 6.94. The Hall–Kier alpha value is -1.28. The molecule has 1 saturated heterocycles. The largest absolute Gasteiger partial charge is 0.334 e. The van der Waals surface area contributed by atoms with Gasteiger partial charge in [0.25, 0.3) is 10.0 Å². The van der Waals surface area contributed by atoms with Crippen LogP contribution in [-0.2, 0) is 16.4 Å². The Kier molecular flexibility index (Phi) is 8.40. The number of guanidine groups is 1. The van der Waals surface area contributed by atoms with Crippen molar-refractivity contribution < 1.29 is 8.42 Å². The summed E-state index contributed by atoms with van der Waals surface area (Å²) in [7, 11) is -3.68. The van der Waals surface area contributed by atoms with Crippen molar-refractivity contribution in [3.8, 4) is 0 Å². The van der Waals surface area contributed by atoms with E-state index in [-0.39, 0.29) is 41.7 Å². The van der Waals surface area contributed by atoms with E-state index in [0.29, 0.717) is 19.6 Å². The summed E-state index contributed by atoms with van der Waals surface area (Å²) < 4.78 is 26.9. The molecule has 1 aliphatic heterocycles. The highest BCUT2D eigenvalue weighted by Crippen LogP contribution is 2.25. The summed E-state index contributed by atoms with van der Waals surface area (Å²) in [5, 5.41) is 8.33. The van der Waals surface area contributed by atoms with Crippen molar-refractivity contribution in [3.63, 3.8) is 0 Å². The summed E-state index contributed by atoms with van der Waals surface area (Å²) >= 11 is 0. The van der Waals surface area contributed by atoms with Gasteiger partial charge in [-0.3, -0.25) is 5.41 Å². The van der Waals surface area contributed by atoms with Crippen LogP contribution in [0, 0.1) is 5.41 Å². The second-order valence-corrected chi connectivity index (χ2v) is 8.07. The number of nitrogens with one attached hydrogen (secondary N) is 1. The van der Waals surface area contributed by atoms with Crippen LogP contribution in [0.2, 0.25) is 0 Å². The van der Waals surface area contributed by atoms with Crippen LogP contribution >= 0.6 is 24.8 Å². The molecular weight excluding hydrogens is 395 g/mol. The van der Waals surface area contributed by atoms with Crippen molar-refractivity contribution in [2.24, 2.45) is 5.73 Å². The number of halogens is 2. The topological polar surface area (TPSA) is 90.5 Å². The molecule has 6 nitrogen and oxygen atoms in total. The van der Waals surface area contributed by atoms with E-state index in [1.807, 2.05) is 4.90 Å². The molecule has 1 aromatic rings. The number of hydrogen-bond donors (Lipinski definition) is 2. The Morgan fingerprint density at radius 2 is 1.85 bits per heavy atom. The van der Waals surface area contributed by atoms with Gasteiger partial charge in [-0.25, -0.2) is 12.7 Å². The number of rotatable bonds is 5. The van der Waals surface area contributed by atoms with Gasteiger partial charge in [0.1, 0.15) is 0 Å². The summed E-state index contributed by atoms with van der Waals surface area (Å²) in [5.41, 5.74) is 6.54. The van der Waals surface area contributed by atoms with Crippen LogP contribution in [0.5, 0.6) is 0 Å². The number of benzene rings is 1. The van der Waals surface area contributed by atoms with Crippen LogP contribution in [0.15, 0.2) is 41.3 Å². The predicted octanol–water partition coefficient (Wildman–Crippen LogP) is 2.38. The monoisotopic (exact) mass is 420 g/mol. The fourth-order valence-electron chi connectivity index (χ4n) is 3.29. The predicted molar refractivity (Wildman–Crippen MR) is 109 cm³/mol. The molecule has 1 aliphatic carbocycles. The Morgan fingerprint density at radius 1 is 1.15 bits per heavy atom. The zero-order chi connectivity index (χ0) is 17.2. The Morgan fingerprint density at radius 3 is 2.42 bits per heavy atom. The lowest BCUT2D eigenvalue weighted by Gasteiger charge is -2.29. The van der Waals surface area contributed by atoms with E-state index < -0.39 is 10.0 Å². The van der Waals surface area contributed by atoms with E-state index in [2.05, 4.69) is 12.2 Å². The van der Waals surface area contributed by atoms with E-state index in [0.717, 1.165) is 31.2 Å². The second-order valence-electron chi connectivity index (χ2n) is 6.20. The average molecular weight is 421 g/mol. The molecule has 1 heterocycles. The number of sulfonamides is 1. The molecule has 0 bridgehead atoms. The van der Waals surface area contributed by atoms with Crippen LogP contribution in [0.1, 0.15) is 24.8 Å². The lowest BCUT2D eigenvalue weighted by Crippen LogP contribution is -2.41. The van der Waals surface area contributed by atoms with Crippen LogP contribution in [0.25, 0.3) is 0 Å². The Labute approximate surface area is 167 Å². The highest BCUT2D eigenvalue weighted by molar-refractivity contribution is 7.89. The van der Waals surface area contributed by atoms with Gasteiger partial charge in [-0.2, -0.15) is 0 Å². The molecule has 0 saturated carbocycles. The molecule has 26 heavy (non-hydrogen) atoms. The minimum atomic E-state index is -3.68. The van der Waals surface area contributed by atoms with E-state index >= 15 is 0 Å². The molecule has 0 radical (unpaired) electrons. The zero-order valence-electron chi connectivity index (χ0n) is 14.5. The van der Waals surface area contributed by atoms with Gasteiger partial charge in [-0.05, 0) is 49.9 Å². The molecule has 2 aliphatic rings. The minimum absolute atomic E-state index is 0. The summed E-state index contributed by atoms with van der Waals surface area (Å²) in [4.78, 5) is 2.12. The fraction of sp³-hybridized carbons (Fsp3) is 0.471. The maximum absolute atomic E-state index is 12.9. The normalized spacial score (nSPS) is 19.9. The molecule has 3 N–H and O–H groups in total. The standard InChI is InChI=1S/C17H24N4O2S.2ClH/c18-11-10-14-6-8-16(9-7-14)24(22,23)21-13-12-20(17(21)19)15-4-2-1-3-5-15;;/h2,4,6-9,15,19H,1,3,5,10-13,18H2;2*1H. The fourth-order valence-corrected chi connectivity index (χ4v) is 4.68. The number of allylic oxidation sites excluding steroid dienone is 1. The third-order valence-corrected chi connectivity index (χ3v) is 6.43. The molecule has 1 unspecified atom stereocenters. The van der Waals surface area contributed by atoms with Gasteiger partial charge in [-0.1, -0.05) is 24.3 Å². The first kappa shape index (κ1) is 22.8. The molecule has 1 atom stereocenters. The van der Waals surface area contributed by atoms with Gasteiger partial charge in [0, 0.05) is 6.54 Å². The van der Waals surface area contributed by atoms with Gasteiger partial charge in [0.05, 0.1) is 17.5 Å². The maximum Gasteiger partial charge on any atom is 0.266 e. The molecule has 3 rings (SSSR count). The molecule has 146 valence electrons. The van der Waals surface area contributed by atoms with Gasteiger partial charge in [0.2, 0.25) is 5.96 Å². The van der Waals surface area contributed by atoms with Crippen molar-refractivity contribution in [3.05, 3.63) is 42.0 Å². The van der Waals surface area contributed by atoms with Crippen molar-refractivity contribution in [1.29, 1.82) is 5.41 Å².